The monoisotopic (exact) mass is 204 g/mol. The summed E-state index contributed by atoms with van der Waals surface area (Å²) in [6.45, 7) is 6.10. The van der Waals surface area contributed by atoms with E-state index in [0.29, 0.717) is 0 Å². The number of benzene rings is 1. The lowest BCUT2D eigenvalue weighted by Crippen LogP contribution is -2.35. The first-order valence-electron chi connectivity index (χ1n) is 5.10. The van der Waals surface area contributed by atoms with Gasteiger partial charge in [0.2, 0.25) is 0 Å². The molecule has 1 aromatic heterocycles. The standard InChI is InChI=1S/C12H16N2O/c1-12(2,3)14-11(15)9-7-5-6-8-10(9)13(14)4/h5-8H,1-4H3. The van der Waals surface area contributed by atoms with Gasteiger partial charge in [-0.25, -0.2) is 4.68 Å². The van der Waals surface area contributed by atoms with Crippen molar-refractivity contribution in [3.8, 4) is 0 Å². The van der Waals surface area contributed by atoms with Gasteiger partial charge in [-0.1, -0.05) is 12.1 Å². The van der Waals surface area contributed by atoms with E-state index in [1.54, 1.807) is 4.68 Å². The maximum absolute atomic E-state index is 12.1. The highest BCUT2D eigenvalue weighted by Crippen LogP contribution is 2.16. The molecule has 15 heavy (non-hydrogen) atoms. The van der Waals surface area contributed by atoms with Crippen molar-refractivity contribution in [3.05, 3.63) is 34.6 Å². The van der Waals surface area contributed by atoms with Gasteiger partial charge in [0, 0.05) is 7.05 Å². The van der Waals surface area contributed by atoms with Crippen LogP contribution in [-0.4, -0.2) is 9.36 Å². The summed E-state index contributed by atoms with van der Waals surface area (Å²) < 4.78 is 3.72. The van der Waals surface area contributed by atoms with Crippen LogP contribution in [-0.2, 0) is 12.6 Å². The van der Waals surface area contributed by atoms with Gasteiger partial charge in [0.25, 0.3) is 5.56 Å². The van der Waals surface area contributed by atoms with Crippen LogP contribution < -0.4 is 5.56 Å². The summed E-state index contributed by atoms with van der Waals surface area (Å²) in [7, 11) is 1.93. The Kier molecular flexibility index (Phi) is 2.00. The molecule has 0 saturated heterocycles. The molecule has 0 aliphatic carbocycles. The van der Waals surface area contributed by atoms with E-state index in [2.05, 4.69) is 0 Å². The molecule has 3 nitrogen and oxygen atoms in total. The van der Waals surface area contributed by atoms with Crippen LogP contribution in [0.4, 0.5) is 0 Å². The van der Waals surface area contributed by atoms with E-state index >= 15 is 0 Å². The molecular formula is C12H16N2O. The fourth-order valence-corrected chi connectivity index (χ4v) is 2.05. The van der Waals surface area contributed by atoms with Gasteiger partial charge in [-0.2, -0.15) is 0 Å². The summed E-state index contributed by atoms with van der Waals surface area (Å²) in [5, 5.41) is 0.787. The first-order valence-corrected chi connectivity index (χ1v) is 5.10. The minimum Gasteiger partial charge on any atom is -0.285 e. The number of rotatable bonds is 0. The van der Waals surface area contributed by atoms with Crippen LogP contribution in [0, 0.1) is 0 Å². The molecule has 2 aromatic rings. The van der Waals surface area contributed by atoms with E-state index in [0.717, 1.165) is 10.9 Å². The lowest BCUT2D eigenvalue weighted by molar-refractivity contribution is 0.307. The molecule has 3 heteroatoms. The highest BCUT2D eigenvalue weighted by atomic mass is 16.1. The van der Waals surface area contributed by atoms with E-state index in [1.807, 2.05) is 56.8 Å². The molecule has 1 aromatic carbocycles. The van der Waals surface area contributed by atoms with Gasteiger partial charge in [0.05, 0.1) is 16.4 Å². The van der Waals surface area contributed by atoms with Crippen LogP contribution in [0.15, 0.2) is 29.1 Å². The molecule has 0 atom stereocenters. The zero-order chi connectivity index (χ0) is 11.2. The molecule has 0 bridgehead atoms. The molecular weight excluding hydrogens is 188 g/mol. The third-order valence-electron chi connectivity index (χ3n) is 2.61. The predicted molar refractivity (Wildman–Crippen MR) is 62.2 cm³/mol. The SMILES string of the molecule is Cn1c2ccccc2c(=O)n1C(C)(C)C. The van der Waals surface area contributed by atoms with Crippen molar-refractivity contribution in [1.82, 2.24) is 9.36 Å². The largest absolute Gasteiger partial charge is 0.285 e. The highest BCUT2D eigenvalue weighted by molar-refractivity contribution is 5.78. The number of hydrogen-bond donors (Lipinski definition) is 0. The Morgan fingerprint density at radius 1 is 1.13 bits per heavy atom. The van der Waals surface area contributed by atoms with E-state index in [1.165, 1.54) is 0 Å². The van der Waals surface area contributed by atoms with Gasteiger partial charge in [-0.15, -0.1) is 0 Å². The average Bonchev–Trinajstić information content (AvgIpc) is 2.39. The molecule has 80 valence electrons. The zero-order valence-electron chi connectivity index (χ0n) is 9.61. The molecule has 0 fully saturated rings. The molecule has 2 rings (SSSR count). The van der Waals surface area contributed by atoms with Crippen molar-refractivity contribution >= 4 is 10.9 Å². The van der Waals surface area contributed by atoms with Gasteiger partial charge in [-0.05, 0) is 32.9 Å². The van der Waals surface area contributed by atoms with Crippen molar-refractivity contribution in [2.45, 2.75) is 26.3 Å². The number of aryl methyl sites for hydroxylation is 1. The Bertz CT molecular complexity index is 555. The third kappa shape index (κ3) is 1.39. The van der Waals surface area contributed by atoms with E-state index in [9.17, 15) is 4.79 Å². The Hall–Kier alpha value is -1.51. The van der Waals surface area contributed by atoms with Crippen LogP contribution in [0.25, 0.3) is 10.9 Å². The van der Waals surface area contributed by atoms with Gasteiger partial charge < -0.3 is 0 Å². The molecule has 0 unspecified atom stereocenters. The summed E-state index contributed by atoms with van der Waals surface area (Å²) in [5.41, 5.74) is 0.878. The topological polar surface area (TPSA) is 26.9 Å². The lowest BCUT2D eigenvalue weighted by atomic mass is 10.1. The van der Waals surface area contributed by atoms with Crippen molar-refractivity contribution < 1.29 is 0 Å². The summed E-state index contributed by atoms with van der Waals surface area (Å²) in [5.74, 6) is 0. The maximum atomic E-state index is 12.1. The van der Waals surface area contributed by atoms with Gasteiger partial charge in [0.1, 0.15) is 0 Å². The van der Waals surface area contributed by atoms with Crippen molar-refractivity contribution in [2.24, 2.45) is 7.05 Å². The number of nitrogens with zero attached hydrogens (tertiary/aromatic N) is 2. The number of para-hydroxylation sites is 1. The molecule has 0 amide bonds. The summed E-state index contributed by atoms with van der Waals surface area (Å²) >= 11 is 0. The fourth-order valence-electron chi connectivity index (χ4n) is 2.05. The Morgan fingerprint density at radius 3 is 2.27 bits per heavy atom. The summed E-state index contributed by atoms with van der Waals surface area (Å²) in [4.78, 5) is 12.1. The van der Waals surface area contributed by atoms with E-state index in [-0.39, 0.29) is 11.1 Å². The van der Waals surface area contributed by atoms with Crippen LogP contribution >= 0.6 is 0 Å². The van der Waals surface area contributed by atoms with E-state index in [4.69, 9.17) is 0 Å². The number of fused-ring (bicyclic) bond motifs is 1. The number of aromatic nitrogens is 2. The second kappa shape index (κ2) is 2.99. The predicted octanol–water partition coefficient (Wildman–Crippen LogP) is 2.09. The third-order valence-corrected chi connectivity index (χ3v) is 2.61. The normalized spacial score (nSPS) is 12.3. The maximum Gasteiger partial charge on any atom is 0.275 e. The molecule has 0 N–H and O–H groups in total. The van der Waals surface area contributed by atoms with Gasteiger partial charge in [0.15, 0.2) is 0 Å². The van der Waals surface area contributed by atoms with Crippen molar-refractivity contribution in [3.63, 3.8) is 0 Å². The van der Waals surface area contributed by atoms with Crippen LogP contribution in [0.2, 0.25) is 0 Å². The fraction of sp³-hybridized carbons (Fsp3) is 0.417. The highest BCUT2D eigenvalue weighted by Gasteiger charge is 2.20. The number of hydrogen-bond acceptors (Lipinski definition) is 1. The Labute approximate surface area is 88.9 Å². The summed E-state index contributed by atoms with van der Waals surface area (Å²) in [6.07, 6.45) is 0. The lowest BCUT2D eigenvalue weighted by Gasteiger charge is -2.22. The Morgan fingerprint density at radius 2 is 1.73 bits per heavy atom. The average molecular weight is 204 g/mol. The van der Waals surface area contributed by atoms with Crippen LogP contribution in [0.3, 0.4) is 0 Å². The smallest absolute Gasteiger partial charge is 0.275 e. The van der Waals surface area contributed by atoms with Gasteiger partial charge in [-0.3, -0.25) is 9.48 Å². The molecule has 0 saturated carbocycles. The minimum atomic E-state index is -0.190. The second-order valence-corrected chi connectivity index (χ2v) is 4.83. The van der Waals surface area contributed by atoms with E-state index < -0.39 is 0 Å². The molecule has 0 aliphatic heterocycles. The molecule has 0 spiro atoms. The Balaban J connectivity index is 2.94. The van der Waals surface area contributed by atoms with Crippen LogP contribution in [0.1, 0.15) is 20.8 Å². The minimum absolute atomic E-state index is 0.0839. The summed E-state index contributed by atoms with van der Waals surface area (Å²) in [6, 6.07) is 7.70. The zero-order valence-corrected chi connectivity index (χ0v) is 9.61. The van der Waals surface area contributed by atoms with Gasteiger partial charge >= 0.3 is 0 Å². The second-order valence-electron chi connectivity index (χ2n) is 4.83. The van der Waals surface area contributed by atoms with Crippen molar-refractivity contribution in [2.75, 3.05) is 0 Å². The van der Waals surface area contributed by atoms with Crippen molar-refractivity contribution in [1.29, 1.82) is 0 Å². The molecule has 0 aliphatic rings. The molecule has 1 heterocycles. The quantitative estimate of drug-likeness (QED) is 0.645. The molecule has 0 radical (unpaired) electrons. The first-order chi connectivity index (χ1) is 6.93. The van der Waals surface area contributed by atoms with Crippen LogP contribution in [0.5, 0.6) is 0 Å². The first kappa shape index (κ1) is 10.0.